The van der Waals surface area contributed by atoms with Crippen molar-refractivity contribution < 1.29 is 22.7 Å². The first-order valence-corrected chi connectivity index (χ1v) is 10.2. The lowest BCUT2D eigenvalue weighted by atomic mass is 10.0. The van der Waals surface area contributed by atoms with Crippen LogP contribution < -0.4 is 5.56 Å². The van der Waals surface area contributed by atoms with Gasteiger partial charge >= 0.3 is 5.97 Å². The SMILES string of the molecule is COC(=O)Cn1c(C)c(Cc2ccc(=O)n(Cc3cc(F)cc(F)c3)c2)c2cc(F)ccc21. The maximum Gasteiger partial charge on any atom is 0.325 e. The predicted molar refractivity (Wildman–Crippen MR) is 118 cm³/mol. The molecule has 0 amide bonds. The van der Waals surface area contributed by atoms with E-state index in [1.54, 1.807) is 22.9 Å². The fourth-order valence-corrected chi connectivity index (χ4v) is 4.06. The lowest BCUT2D eigenvalue weighted by molar-refractivity contribution is -0.141. The number of fused-ring (bicyclic) bond motifs is 1. The van der Waals surface area contributed by atoms with Crippen molar-refractivity contribution in [3.05, 3.63) is 105 Å². The molecule has 0 N–H and O–H groups in total. The van der Waals surface area contributed by atoms with Crippen molar-refractivity contribution in [3.8, 4) is 0 Å². The third-order valence-electron chi connectivity index (χ3n) is 5.63. The molecule has 4 rings (SSSR count). The summed E-state index contributed by atoms with van der Waals surface area (Å²) >= 11 is 0. The first-order valence-electron chi connectivity index (χ1n) is 10.2. The zero-order valence-corrected chi connectivity index (χ0v) is 18.1. The molecule has 2 heterocycles. The van der Waals surface area contributed by atoms with Gasteiger partial charge in [0, 0.05) is 41.3 Å². The number of benzene rings is 2. The number of esters is 1. The molecule has 5 nitrogen and oxygen atoms in total. The van der Waals surface area contributed by atoms with Gasteiger partial charge in [0.1, 0.15) is 24.0 Å². The molecule has 0 saturated heterocycles. The van der Waals surface area contributed by atoms with Gasteiger partial charge < -0.3 is 13.9 Å². The van der Waals surface area contributed by atoms with Crippen LogP contribution in [0, 0.1) is 24.4 Å². The zero-order chi connectivity index (χ0) is 23.7. The van der Waals surface area contributed by atoms with Crippen molar-refractivity contribution in [2.45, 2.75) is 26.4 Å². The molecule has 0 aliphatic carbocycles. The molecule has 0 spiro atoms. The second-order valence-electron chi connectivity index (χ2n) is 7.85. The maximum atomic E-state index is 14.0. The summed E-state index contributed by atoms with van der Waals surface area (Å²) in [5.74, 6) is -2.27. The second-order valence-corrected chi connectivity index (χ2v) is 7.85. The Kier molecular flexibility index (Phi) is 6.09. The maximum absolute atomic E-state index is 14.0. The monoisotopic (exact) mass is 454 g/mol. The highest BCUT2D eigenvalue weighted by Gasteiger charge is 2.18. The van der Waals surface area contributed by atoms with Gasteiger partial charge in [0.25, 0.3) is 5.56 Å². The zero-order valence-electron chi connectivity index (χ0n) is 18.1. The van der Waals surface area contributed by atoms with Gasteiger partial charge in [-0.2, -0.15) is 0 Å². The Morgan fingerprint density at radius 3 is 2.36 bits per heavy atom. The van der Waals surface area contributed by atoms with E-state index in [0.29, 0.717) is 22.9 Å². The number of hydrogen-bond acceptors (Lipinski definition) is 3. The standard InChI is InChI=1S/C25H21F3N2O3/c1-15-21(22-11-18(26)4-5-23(22)30(15)14-25(32)33-2)9-16-3-6-24(31)29(12-16)13-17-7-19(27)10-20(28)8-17/h3-8,10-12H,9,13-14H2,1-2H3. The minimum Gasteiger partial charge on any atom is -0.468 e. The highest BCUT2D eigenvalue weighted by atomic mass is 19.1. The summed E-state index contributed by atoms with van der Waals surface area (Å²) in [5, 5.41) is 0.654. The van der Waals surface area contributed by atoms with Gasteiger partial charge in [-0.05, 0) is 53.9 Å². The summed E-state index contributed by atoms with van der Waals surface area (Å²) in [7, 11) is 1.30. The molecular formula is C25H21F3N2O3. The molecule has 0 aliphatic heterocycles. The van der Waals surface area contributed by atoms with Crippen LogP contribution in [0.5, 0.6) is 0 Å². The first-order chi connectivity index (χ1) is 15.7. The molecule has 0 aliphatic rings. The smallest absolute Gasteiger partial charge is 0.325 e. The van der Waals surface area contributed by atoms with Crippen LogP contribution in [0.15, 0.2) is 59.5 Å². The Hall–Kier alpha value is -3.81. The van der Waals surface area contributed by atoms with Gasteiger partial charge in [-0.1, -0.05) is 6.07 Å². The number of aromatic nitrogens is 2. The van der Waals surface area contributed by atoms with E-state index in [-0.39, 0.29) is 18.6 Å². The highest BCUT2D eigenvalue weighted by molar-refractivity contribution is 5.87. The van der Waals surface area contributed by atoms with Crippen molar-refractivity contribution in [1.82, 2.24) is 9.13 Å². The highest BCUT2D eigenvalue weighted by Crippen LogP contribution is 2.29. The number of nitrogens with zero attached hydrogens (tertiary/aromatic N) is 2. The van der Waals surface area contributed by atoms with Crippen LogP contribution in [0.3, 0.4) is 0 Å². The quantitative estimate of drug-likeness (QED) is 0.408. The molecule has 0 fully saturated rings. The number of rotatable bonds is 6. The van der Waals surface area contributed by atoms with E-state index in [1.807, 2.05) is 6.92 Å². The van der Waals surface area contributed by atoms with Crippen molar-refractivity contribution in [1.29, 1.82) is 0 Å². The van der Waals surface area contributed by atoms with E-state index in [4.69, 9.17) is 4.74 Å². The van der Waals surface area contributed by atoms with Gasteiger partial charge in [-0.25, -0.2) is 13.2 Å². The molecule has 2 aromatic carbocycles. The van der Waals surface area contributed by atoms with Crippen LogP contribution in [0.4, 0.5) is 13.2 Å². The lowest BCUT2D eigenvalue weighted by Crippen LogP contribution is -2.20. The van der Waals surface area contributed by atoms with E-state index >= 15 is 0 Å². The van der Waals surface area contributed by atoms with Crippen LogP contribution in [-0.4, -0.2) is 22.2 Å². The number of carbonyl (C=O) groups is 1. The van der Waals surface area contributed by atoms with Crippen LogP contribution in [-0.2, 0) is 29.0 Å². The fourth-order valence-electron chi connectivity index (χ4n) is 4.06. The Morgan fingerprint density at radius 2 is 1.67 bits per heavy atom. The third kappa shape index (κ3) is 4.69. The Labute approximate surface area is 187 Å². The van der Waals surface area contributed by atoms with Gasteiger partial charge in [-0.3, -0.25) is 9.59 Å². The molecule has 0 radical (unpaired) electrons. The largest absolute Gasteiger partial charge is 0.468 e. The van der Waals surface area contributed by atoms with Crippen molar-refractivity contribution in [3.63, 3.8) is 0 Å². The number of pyridine rings is 1. The lowest BCUT2D eigenvalue weighted by Gasteiger charge is -2.10. The van der Waals surface area contributed by atoms with Gasteiger partial charge in [0.15, 0.2) is 0 Å². The number of carbonyl (C=O) groups excluding carboxylic acids is 1. The fraction of sp³-hybridized carbons (Fsp3) is 0.200. The van der Waals surface area contributed by atoms with Crippen LogP contribution in [0.1, 0.15) is 22.4 Å². The molecule has 0 unspecified atom stereocenters. The van der Waals surface area contributed by atoms with Gasteiger partial charge in [0.2, 0.25) is 0 Å². The van der Waals surface area contributed by atoms with Crippen LogP contribution in [0.2, 0.25) is 0 Å². The summed E-state index contributed by atoms with van der Waals surface area (Å²) in [6.45, 7) is 1.82. The third-order valence-corrected chi connectivity index (χ3v) is 5.63. The van der Waals surface area contributed by atoms with E-state index in [0.717, 1.165) is 22.9 Å². The molecule has 2 aromatic heterocycles. The topological polar surface area (TPSA) is 53.2 Å². The van der Waals surface area contributed by atoms with Crippen LogP contribution >= 0.6 is 0 Å². The molecule has 8 heteroatoms. The van der Waals surface area contributed by atoms with Crippen molar-refractivity contribution in [2.24, 2.45) is 0 Å². The minimum absolute atomic E-state index is 0.000929. The van der Waals surface area contributed by atoms with E-state index < -0.39 is 23.4 Å². The Bertz CT molecular complexity index is 1400. The molecular weight excluding hydrogens is 433 g/mol. The Balaban J connectivity index is 1.73. The average Bonchev–Trinajstić information content (AvgIpc) is 3.00. The number of ether oxygens (including phenoxy) is 1. The predicted octanol–water partition coefficient (Wildman–Crippen LogP) is 4.34. The molecule has 170 valence electrons. The summed E-state index contributed by atoms with van der Waals surface area (Å²) in [4.78, 5) is 24.3. The molecule has 33 heavy (non-hydrogen) atoms. The summed E-state index contributed by atoms with van der Waals surface area (Å²) in [6, 6.07) is 10.5. The summed E-state index contributed by atoms with van der Waals surface area (Å²) < 4.78 is 49.1. The normalized spacial score (nSPS) is 11.2. The van der Waals surface area contributed by atoms with E-state index in [2.05, 4.69) is 0 Å². The summed E-state index contributed by atoms with van der Waals surface area (Å²) in [5.41, 5.74) is 3.01. The number of halogens is 3. The van der Waals surface area contributed by atoms with Crippen LogP contribution in [0.25, 0.3) is 10.9 Å². The van der Waals surface area contributed by atoms with Crippen molar-refractivity contribution in [2.75, 3.05) is 7.11 Å². The first kappa shape index (κ1) is 22.4. The second kappa shape index (κ2) is 8.97. The molecule has 0 saturated carbocycles. The van der Waals surface area contributed by atoms with E-state index in [1.165, 1.54) is 42.0 Å². The molecule has 0 atom stereocenters. The number of methoxy groups -OCH3 is 1. The van der Waals surface area contributed by atoms with Crippen molar-refractivity contribution >= 4 is 16.9 Å². The van der Waals surface area contributed by atoms with E-state index in [9.17, 15) is 22.8 Å². The average molecular weight is 454 g/mol. The Morgan fingerprint density at radius 1 is 0.939 bits per heavy atom. The number of hydrogen-bond donors (Lipinski definition) is 0. The minimum atomic E-state index is -0.717. The summed E-state index contributed by atoms with van der Waals surface area (Å²) in [6.07, 6.45) is 1.98. The van der Waals surface area contributed by atoms with Gasteiger partial charge in [-0.15, -0.1) is 0 Å². The molecule has 0 bridgehead atoms. The van der Waals surface area contributed by atoms with Gasteiger partial charge in [0.05, 0.1) is 13.7 Å². The molecule has 4 aromatic rings.